The second-order valence-electron chi connectivity index (χ2n) is 3.34. The van der Waals surface area contributed by atoms with Gasteiger partial charge in [0.15, 0.2) is 0 Å². The van der Waals surface area contributed by atoms with Gasteiger partial charge in [-0.25, -0.2) is 0 Å². The number of hydrogen-bond donors (Lipinski definition) is 0. The van der Waals surface area contributed by atoms with Crippen molar-refractivity contribution in [2.45, 2.75) is 26.2 Å². The molecule has 1 heterocycles. The van der Waals surface area contributed by atoms with Crippen LogP contribution in [0, 0.1) is 18.3 Å². The minimum atomic E-state index is 0.00750. The molecule has 0 radical (unpaired) electrons. The summed E-state index contributed by atoms with van der Waals surface area (Å²) in [4.78, 5) is 13.5. The molecule has 1 saturated heterocycles. The quantitative estimate of drug-likeness (QED) is 0.564. The van der Waals surface area contributed by atoms with Crippen molar-refractivity contribution in [1.82, 2.24) is 4.90 Å². The first-order chi connectivity index (χ1) is 5.75. The van der Waals surface area contributed by atoms with Crippen LogP contribution in [-0.4, -0.2) is 23.9 Å². The number of carbonyl (C=O) groups excluding carboxylic acids is 1. The van der Waals surface area contributed by atoms with Crippen molar-refractivity contribution in [2.24, 2.45) is 5.92 Å². The Hall–Kier alpha value is -0.970. The first-order valence-corrected chi connectivity index (χ1v) is 4.48. The summed E-state index contributed by atoms with van der Waals surface area (Å²) in [6, 6.07) is 0. The van der Waals surface area contributed by atoms with Crippen molar-refractivity contribution >= 4 is 5.91 Å². The molecular formula is C10H15NO. The first-order valence-electron chi connectivity index (χ1n) is 4.48. The van der Waals surface area contributed by atoms with Gasteiger partial charge in [-0.1, -0.05) is 6.92 Å². The zero-order chi connectivity index (χ0) is 8.97. The van der Waals surface area contributed by atoms with E-state index in [-0.39, 0.29) is 11.8 Å². The monoisotopic (exact) mass is 165 g/mol. The van der Waals surface area contributed by atoms with Gasteiger partial charge < -0.3 is 4.90 Å². The Bertz CT molecular complexity index is 198. The summed E-state index contributed by atoms with van der Waals surface area (Å²) in [5, 5.41) is 0. The fourth-order valence-corrected chi connectivity index (χ4v) is 1.51. The molecule has 0 aliphatic carbocycles. The molecule has 0 aromatic carbocycles. The molecule has 1 unspecified atom stereocenters. The van der Waals surface area contributed by atoms with Crippen LogP contribution in [0.1, 0.15) is 26.2 Å². The number of rotatable bonds is 2. The molecular weight excluding hydrogens is 150 g/mol. The molecule has 12 heavy (non-hydrogen) atoms. The van der Waals surface area contributed by atoms with Gasteiger partial charge in [-0.05, 0) is 12.8 Å². The van der Waals surface area contributed by atoms with E-state index in [0.717, 1.165) is 25.9 Å². The zero-order valence-corrected chi connectivity index (χ0v) is 7.55. The van der Waals surface area contributed by atoms with Gasteiger partial charge in [-0.2, -0.15) is 0 Å². The van der Waals surface area contributed by atoms with E-state index in [4.69, 9.17) is 6.42 Å². The van der Waals surface area contributed by atoms with Crippen molar-refractivity contribution in [1.29, 1.82) is 0 Å². The third kappa shape index (κ3) is 2.01. The number of nitrogens with zero attached hydrogens (tertiary/aromatic N) is 1. The predicted octanol–water partition coefficient (Wildman–Crippen LogP) is 1.27. The summed E-state index contributed by atoms with van der Waals surface area (Å²) >= 11 is 0. The molecule has 1 amide bonds. The van der Waals surface area contributed by atoms with E-state index in [9.17, 15) is 4.79 Å². The minimum absolute atomic E-state index is 0.00750. The molecule has 1 atom stereocenters. The highest BCUT2D eigenvalue weighted by atomic mass is 16.2. The Labute approximate surface area is 73.9 Å². The van der Waals surface area contributed by atoms with E-state index in [1.165, 1.54) is 0 Å². The van der Waals surface area contributed by atoms with E-state index < -0.39 is 0 Å². The molecule has 0 aromatic rings. The normalized spacial score (nSPS) is 18.8. The van der Waals surface area contributed by atoms with Gasteiger partial charge >= 0.3 is 0 Å². The highest BCUT2D eigenvalue weighted by Gasteiger charge is 2.21. The molecule has 1 aliphatic rings. The third-order valence-corrected chi connectivity index (χ3v) is 2.26. The summed E-state index contributed by atoms with van der Waals surface area (Å²) in [7, 11) is 0. The van der Waals surface area contributed by atoms with Crippen molar-refractivity contribution in [3.05, 3.63) is 0 Å². The Morgan fingerprint density at radius 3 is 2.67 bits per heavy atom. The van der Waals surface area contributed by atoms with Gasteiger partial charge in [0.1, 0.15) is 0 Å². The number of terminal acetylenes is 1. The van der Waals surface area contributed by atoms with Gasteiger partial charge in [0.2, 0.25) is 5.91 Å². The summed E-state index contributed by atoms with van der Waals surface area (Å²) in [5.74, 6) is 2.76. The van der Waals surface area contributed by atoms with Crippen LogP contribution in [0.15, 0.2) is 0 Å². The second-order valence-corrected chi connectivity index (χ2v) is 3.34. The molecule has 2 heteroatoms. The maximum absolute atomic E-state index is 11.6. The van der Waals surface area contributed by atoms with Crippen LogP contribution in [0.25, 0.3) is 0 Å². The molecule has 0 saturated carbocycles. The number of carbonyl (C=O) groups is 1. The zero-order valence-electron chi connectivity index (χ0n) is 7.55. The van der Waals surface area contributed by atoms with E-state index in [1.54, 1.807) is 0 Å². The summed E-state index contributed by atoms with van der Waals surface area (Å²) < 4.78 is 0. The van der Waals surface area contributed by atoms with Gasteiger partial charge in [0, 0.05) is 25.4 Å². The fourth-order valence-electron chi connectivity index (χ4n) is 1.51. The van der Waals surface area contributed by atoms with Crippen LogP contribution in [0.5, 0.6) is 0 Å². The van der Waals surface area contributed by atoms with E-state index in [2.05, 4.69) is 5.92 Å². The number of amides is 1. The molecule has 66 valence electrons. The fraction of sp³-hybridized carbons (Fsp3) is 0.700. The number of hydrogen-bond acceptors (Lipinski definition) is 1. The Kier molecular flexibility index (Phi) is 3.16. The summed E-state index contributed by atoms with van der Waals surface area (Å²) in [5.41, 5.74) is 0. The van der Waals surface area contributed by atoms with Crippen LogP contribution >= 0.6 is 0 Å². The van der Waals surface area contributed by atoms with Crippen LogP contribution < -0.4 is 0 Å². The average Bonchev–Trinajstić information content (AvgIpc) is 2.55. The highest BCUT2D eigenvalue weighted by Crippen LogP contribution is 2.13. The van der Waals surface area contributed by atoms with Crippen LogP contribution in [0.4, 0.5) is 0 Å². The van der Waals surface area contributed by atoms with Crippen LogP contribution in [-0.2, 0) is 4.79 Å². The third-order valence-electron chi connectivity index (χ3n) is 2.26. The lowest BCUT2D eigenvalue weighted by Gasteiger charge is -2.18. The summed E-state index contributed by atoms with van der Waals surface area (Å²) in [6.45, 7) is 3.75. The first kappa shape index (κ1) is 9.12. The van der Waals surface area contributed by atoms with Gasteiger partial charge in [-0.15, -0.1) is 12.3 Å². The van der Waals surface area contributed by atoms with Crippen LogP contribution in [0.2, 0.25) is 0 Å². The lowest BCUT2D eigenvalue weighted by molar-refractivity contribution is -0.133. The largest absolute Gasteiger partial charge is 0.342 e. The van der Waals surface area contributed by atoms with Crippen molar-refractivity contribution in [3.63, 3.8) is 0 Å². The van der Waals surface area contributed by atoms with Gasteiger partial charge in [-0.3, -0.25) is 4.79 Å². The van der Waals surface area contributed by atoms with Crippen molar-refractivity contribution in [2.75, 3.05) is 13.1 Å². The van der Waals surface area contributed by atoms with Crippen LogP contribution in [0.3, 0.4) is 0 Å². The smallest absolute Gasteiger partial charge is 0.226 e. The molecule has 2 nitrogen and oxygen atoms in total. The Balaban J connectivity index is 2.41. The summed E-state index contributed by atoms with van der Waals surface area (Å²) in [6.07, 6.45) is 8.00. The van der Waals surface area contributed by atoms with Crippen molar-refractivity contribution < 1.29 is 4.79 Å². The van der Waals surface area contributed by atoms with Gasteiger partial charge in [0.05, 0.1) is 0 Å². The standard InChI is InChI=1S/C10H15NO/c1-3-6-9(2)10(12)11-7-4-5-8-11/h1,9H,4-8H2,2H3. The maximum atomic E-state index is 11.6. The van der Waals surface area contributed by atoms with Gasteiger partial charge in [0.25, 0.3) is 0 Å². The molecule has 1 rings (SSSR count). The lowest BCUT2D eigenvalue weighted by Crippen LogP contribution is -2.32. The molecule has 0 bridgehead atoms. The molecule has 0 spiro atoms. The van der Waals surface area contributed by atoms with E-state index in [0.29, 0.717) is 6.42 Å². The molecule has 1 aliphatic heterocycles. The Morgan fingerprint density at radius 2 is 2.17 bits per heavy atom. The topological polar surface area (TPSA) is 20.3 Å². The Morgan fingerprint density at radius 1 is 1.58 bits per heavy atom. The van der Waals surface area contributed by atoms with E-state index in [1.807, 2.05) is 11.8 Å². The van der Waals surface area contributed by atoms with Crippen molar-refractivity contribution in [3.8, 4) is 12.3 Å². The SMILES string of the molecule is C#CCC(C)C(=O)N1CCCC1. The predicted molar refractivity (Wildman–Crippen MR) is 48.4 cm³/mol. The maximum Gasteiger partial charge on any atom is 0.226 e. The molecule has 0 aromatic heterocycles. The molecule has 1 fully saturated rings. The highest BCUT2D eigenvalue weighted by molar-refractivity contribution is 5.78. The van der Waals surface area contributed by atoms with E-state index >= 15 is 0 Å². The number of likely N-dealkylation sites (tertiary alicyclic amines) is 1. The molecule has 0 N–H and O–H groups in total. The second kappa shape index (κ2) is 4.15. The lowest BCUT2D eigenvalue weighted by atomic mass is 10.1. The minimum Gasteiger partial charge on any atom is -0.342 e. The average molecular weight is 165 g/mol.